The molecule has 2 saturated heterocycles. The summed E-state index contributed by atoms with van der Waals surface area (Å²) >= 11 is 0. The summed E-state index contributed by atoms with van der Waals surface area (Å²) < 4.78 is 26.2. The van der Waals surface area contributed by atoms with Crippen LogP contribution in [0.1, 0.15) is 32.1 Å². The molecule has 15 heavy (non-hydrogen) atoms. The van der Waals surface area contributed by atoms with E-state index in [4.69, 9.17) is 0 Å². The average Bonchev–Trinajstić information content (AvgIpc) is 2.61. The minimum atomic E-state index is -3.01. The first-order valence-corrected chi connectivity index (χ1v) is 7.41. The fraction of sp³-hybridized carbons (Fsp3) is 1.00. The standard InChI is InChI=1S/C10H20N2O2S/c13-15(14,10-5-6-11-9-10)12-7-3-1-2-4-8-12/h10-11H,1-9H2. The molecule has 2 rings (SSSR count). The number of nitrogens with one attached hydrogen (secondary N) is 1. The van der Waals surface area contributed by atoms with Gasteiger partial charge in [-0.2, -0.15) is 0 Å². The van der Waals surface area contributed by atoms with Crippen molar-refractivity contribution in [1.29, 1.82) is 0 Å². The molecule has 1 unspecified atom stereocenters. The van der Waals surface area contributed by atoms with Crippen LogP contribution < -0.4 is 5.32 Å². The van der Waals surface area contributed by atoms with Gasteiger partial charge in [-0.15, -0.1) is 0 Å². The summed E-state index contributed by atoms with van der Waals surface area (Å²) in [6, 6.07) is 0. The SMILES string of the molecule is O=S(=O)(C1CCNC1)N1CCCCCC1. The predicted molar refractivity (Wildman–Crippen MR) is 60.2 cm³/mol. The van der Waals surface area contributed by atoms with Crippen LogP contribution in [-0.4, -0.2) is 44.2 Å². The molecule has 0 saturated carbocycles. The van der Waals surface area contributed by atoms with E-state index in [1.807, 2.05) is 0 Å². The normalized spacial score (nSPS) is 30.3. The van der Waals surface area contributed by atoms with Crippen LogP contribution in [0.3, 0.4) is 0 Å². The van der Waals surface area contributed by atoms with Crippen molar-refractivity contribution in [3.63, 3.8) is 0 Å². The van der Waals surface area contributed by atoms with Crippen LogP contribution in [0.4, 0.5) is 0 Å². The van der Waals surface area contributed by atoms with E-state index in [-0.39, 0.29) is 5.25 Å². The number of hydrogen-bond acceptors (Lipinski definition) is 3. The third kappa shape index (κ3) is 2.52. The van der Waals surface area contributed by atoms with Crippen molar-refractivity contribution in [1.82, 2.24) is 9.62 Å². The summed E-state index contributed by atoms with van der Waals surface area (Å²) in [4.78, 5) is 0. The number of sulfonamides is 1. The largest absolute Gasteiger partial charge is 0.315 e. The molecular formula is C10H20N2O2S. The van der Waals surface area contributed by atoms with Gasteiger partial charge in [-0.25, -0.2) is 12.7 Å². The molecule has 0 aromatic heterocycles. The van der Waals surface area contributed by atoms with E-state index in [0.717, 1.165) is 38.9 Å². The highest BCUT2D eigenvalue weighted by atomic mass is 32.2. The summed E-state index contributed by atoms with van der Waals surface area (Å²) in [7, 11) is -3.01. The first-order chi connectivity index (χ1) is 7.21. The van der Waals surface area contributed by atoms with Gasteiger partial charge in [0.25, 0.3) is 0 Å². The molecule has 0 radical (unpaired) electrons. The van der Waals surface area contributed by atoms with E-state index >= 15 is 0 Å². The molecule has 2 aliphatic heterocycles. The Hall–Kier alpha value is -0.130. The molecule has 5 heteroatoms. The van der Waals surface area contributed by atoms with Crippen LogP contribution in [0.25, 0.3) is 0 Å². The monoisotopic (exact) mass is 232 g/mol. The Morgan fingerprint density at radius 1 is 1.07 bits per heavy atom. The second kappa shape index (κ2) is 4.80. The fourth-order valence-electron chi connectivity index (χ4n) is 2.39. The van der Waals surface area contributed by atoms with Crippen LogP contribution >= 0.6 is 0 Å². The molecule has 1 atom stereocenters. The molecule has 0 amide bonds. The third-order valence-corrected chi connectivity index (χ3v) is 5.69. The van der Waals surface area contributed by atoms with Gasteiger partial charge in [0.1, 0.15) is 0 Å². The van der Waals surface area contributed by atoms with Crippen molar-refractivity contribution >= 4 is 10.0 Å². The van der Waals surface area contributed by atoms with Crippen molar-refractivity contribution < 1.29 is 8.42 Å². The van der Waals surface area contributed by atoms with Gasteiger partial charge in [-0.1, -0.05) is 12.8 Å². The second-order valence-corrected chi connectivity index (χ2v) is 6.69. The Morgan fingerprint density at radius 3 is 2.27 bits per heavy atom. The lowest BCUT2D eigenvalue weighted by Gasteiger charge is -2.23. The van der Waals surface area contributed by atoms with Crippen molar-refractivity contribution in [3.05, 3.63) is 0 Å². The Labute approximate surface area is 92.1 Å². The van der Waals surface area contributed by atoms with Gasteiger partial charge in [0.15, 0.2) is 0 Å². The summed E-state index contributed by atoms with van der Waals surface area (Å²) in [6.45, 7) is 2.95. The average molecular weight is 232 g/mol. The third-order valence-electron chi connectivity index (χ3n) is 3.36. The first-order valence-electron chi connectivity index (χ1n) is 5.91. The van der Waals surface area contributed by atoms with Crippen molar-refractivity contribution in [3.8, 4) is 0 Å². The fourth-order valence-corrected chi connectivity index (χ4v) is 4.32. The maximum Gasteiger partial charge on any atom is 0.218 e. The highest BCUT2D eigenvalue weighted by Crippen LogP contribution is 2.19. The lowest BCUT2D eigenvalue weighted by atomic mass is 10.2. The highest BCUT2D eigenvalue weighted by molar-refractivity contribution is 7.89. The van der Waals surface area contributed by atoms with E-state index < -0.39 is 10.0 Å². The topological polar surface area (TPSA) is 49.4 Å². The lowest BCUT2D eigenvalue weighted by Crippen LogP contribution is -2.40. The summed E-state index contributed by atoms with van der Waals surface area (Å²) in [5.41, 5.74) is 0. The molecule has 0 spiro atoms. The summed E-state index contributed by atoms with van der Waals surface area (Å²) in [5.74, 6) is 0. The number of rotatable bonds is 2. The van der Waals surface area contributed by atoms with E-state index in [1.54, 1.807) is 4.31 Å². The van der Waals surface area contributed by atoms with Crippen LogP contribution in [0.5, 0.6) is 0 Å². The van der Waals surface area contributed by atoms with E-state index in [9.17, 15) is 8.42 Å². The zero-order valence-electron chi connectivity index (χ0n) is 9.11. The van der Waals surface area contributed by atoms with Gasteiger partial charge in [-0.3, -0.25) is 0 Å². The van der Waals surface area contributed by atoms with Gasteiger partial charge in [-0.05, 0) is 25.8 Å². The Kier molecular flexibility index (Phi) is 3.64. The summed E-state index contributed by atoms with van der Waals surface area (Å²) in [6.07, 6.45) is 5.18. The molecular weight excluding hydrogens is 212 g/mol. The van der Waals surface area contributed by atoms with Crippen molar-refractivity contribution in [2.45, 2.75) is 37.4 Å². The minimum absolute atomic E-state index is 0.171. The molecule has 0 bridgehead atoms. The Bertz CT molecular complexity index is 289. The Balaban J connectivity index is 2.05. The number of nitrogens with zero attached hydrogens (tertiary/aromatic N) is 1. The molecule has 0 aromatic rings. The molecule has 1 N–H and O–H groups in total. The van der Waals surface area contributed by atoms with Crippen LogP contribution in [0.15, 0.2) is 0 Å². The quantitative estimate of drug-likeness (QED) is 0.756. The number of hydrogen-bond donors (Lipinski definition) is 1. The van der Waals surface area contributed by atoms with Crippen molar-refractivity contribution in [2.24, 2.45) is 0 Å². The molecule has 88 valence electrons. The van der Waals surface area contributed by atoms with Crippen LogP contribution in [0.2, 0.25) is 0 Å². The van der Waals surface area contributed by atoms with Crippen LogP contribution in [0, 0.1) is 0 Å². The molecule has 2 fully saturated rings. The highest BCUT2D eigenvalue weighted by Gasteiger charge is 2.33. The first kappa shape index (κ1) is 11.4. The van der Waals surface area contributed by atoms with E-state index in [0.29, 0.717) is 6.54 Å². The molecule has 2 aliphatic rings. The molecule has 0 aromatic carbocycles. The van der Waals surface area contributed by atoms with Crippen molar-refractivity contribution in [2.75, 3.05) is 26.2 Å². The molecule has 0 aliphatic carbocycles. The van der Waals surface area contributed by atoms with Gasteiger partial charge in [0, 0.05) is 19.6 Å². The predicted octanol–water partition coefficient (Wildman–Crippen LogP) is 0.554. The van der Waals surface area contributed by atoms with Gasteiger partial charge in [0.05, 0.1) is 5.25 Å². The van der Waals surface area contributed by atoms with Gasteiger partial charge >= 0.3 is 0 Å². The Morgan fingerprint density at radius 2 is 1.73 bits per heavy atom. The zero-order chi connectivity index (χ0) is 10.7. The zero-order valence-corrected chi connectivity index (χ0v) is 9.93. The second-order valence-electron chi connectivity index (χ2n) is 4.47. The summed E-state index contributed by atoms with van der Waals surface area (Å²) in [5, 5.41) is 2.96. The van der Waals surface area contributed by atoms with E-state index in [2.05, 4.69) is 5.32 Å². The maximum absolute atomic E-state index is 12.2. The van der Waals surface area contributed by atoms with Gasteiger partial charge in [0.2, 0.25) is 10.0 Å². The lowest BCUT2D eigenvalue weighted by molar-refractivity contribution is 0.416. The maximum atomic E-state index is 12.2. The minimum Gasteiger partial charge on any atom is -0.315 e. The smallest absolute Gasteiger partial charge is 0.218 e. The molecule has 4 nitrogen and oxygen atoms in total. The van der Waals surface area contributed by atoms with E-state index in [1.165, 1.54) is 12.8 Å². The van der Waals surface area contributed by atoms with Gasteiger partial charge < -0.3 is 5.32 Å². The van der Waals surface area contributed by atoms with Crippen LogP contribution in [-0.2, 0) is 10.0 Å². The molecule has 2 heterocycles.